The van der Waals surface area contributed by atoms with Gasteiger partial charge in [-0.3, -0.25) is 4.99 Å². The normalized spacial score (nSPS) is 40.8. The van der Waals surface area contributed by atoms with Crippen molar-refractivity contribution in [2.75, 3.05) is 6.54 Å². The number of hydrogen-bond acceptors (Lipinski definition) is 3. The predicted molar refractivity (Wildman–Crippen MR) is 70.9 cm³/mol. The zero-order valence-corrected chi connectivity index (χ0v) is 11.4. The van der Waals surface area contributed by atoms with E-state index in [2.05, 4.69) is 30.7 Å². The molecule has 2 fully saturated rings. The molecule has 0 aromatic carbocycles. The summed E-state index contributed by atoms with van der Waals surface area (Å²) < 4.78 is 0. The summed E-state index contributed by atoms with van der Waals surface area (Å²) in [5.41, 5.74) is 6.89. The third-order valence-corrected chi connectivity index (χ3v) is 5.16. The first-order valence-electron chi connectivity index (χ1n) is 7.04. The quantitative estimate of drug-likeness (QED) is 0.758. The molecule has 1 spiro atoms. The fourth-order valence-corrected chi connectivity index (χ4v) is 4.00. The highest BCUT2D eigenvalue weighted by Gasteiger charge is 2.54. The highest BCUT2D eigenvalue weighted by atomic mass is 15.4. The average molecular weight is 235 g/mol. The first kappa shape index (κ1) is 11.4. The standard InChI is InChI=1S/C14H25N3/c1-10-8-13(2,3)6-7-14(10)9-16-12(15)17(14)11-4-5-11/h10-11H,4-9H2,1-3H3,(H2,15,16). The number of aliphatic imine (C=N–C) groups is 1. The Morgan fingerprint density at radius 1 is 1.29 bits per heavy atom. The summed E-state index contributed by atoms with van der Waals surface area (Å²) in [6.07, 6.45) is 6.51. The van der Waals surface area contributed by atoms with E-state index in [1.54, 1.807) is 0 Å². The Kier molecular flexibility index (Phi) is 2.27. The van der Waals surface area contributed by atoms with Crippen LogP contribution in [-0.2, 0) is 0 Å². The summed E-state index contributed by atoms with van der Waals surface area (Å²) in [7, 11) is 0. The van der Waals surface area contributed by atoms with Gasteiger partial charge in [0, 0.05) is 6.04 Å². The van der Waals surface area contributed by atoms with Crippen LogP contribution in [0.25, 0.3) is 0 Å². The highest BCUT2D eigenvalue weighted by molar-refractivity contribution is 5.81. The molecule has 1 aliphatic heterocycles. The number of rotatable bonds is 1. The van der Waals surface area contributed by atoms with Gasteiger partial charge in [-0.1, -0.05) is 20.8 Å². The van der Waals surface area contributed by atoms with Crippen LogP contribution in [0, 0.1) is 11.3 Å². The first-order chi connectivity index (χ1) is 7.95. The molecule has 2 aliphatic carbocycles. The Hall–Kier alpha value is -0.730. The molecule has 96 valence electrons. The van der Waals surface area contributed by atoms with Crippen LogP contribution in [0.3, 0.4) is 0 Å². The van der Waals surface area contributed by atoms with E-state index in [-0.39, 0.29) is 5.54 Å². The second-order valence-electron chi connectivity index (χ2n) is 7.15. The van der Waals surface area contributed by atoms with Gasteiger partial charge in [-0.05, 0) is 43.4 Å². The molecule has 17 heavy (non-hydrogen) atoms. The molecule has 0 amide bonds. The smallest absolute Gasteiger partial charge is 0.192 e. The highest BCUT2D eigenvalue weighted by Crippen LogP contribution is 2.51. The van der Waals surface area contributed by atoms with Gasteiger partial charge < -0.3 is 10.6 Å². The summed E-state index contributed by atoms with van der Waals surface area (Å²) >= 11 is 0. The molecule has 2 atom stereocenters. The molecular formula is C14H25N3. The van der Waals surface area contributed by atoms with Gasteiger partial charge in [0.05, 0.1) is 12.1 Å². The average Bonchev–Trinajstić information content (AvgIpc) is 2.99. The van der Waals surface area contributed by atoms with Crippen molar-refractivity contribution >= 4 is 5.96 Å². The van der Waals surface area contributed by atoms with Crippen LogP contribution in [0.2, 0.25) is 0 Å². The molecule has 3 rings (SSSR count). The van der Waals surface area contributed by atoms with Gasteiger partial charge in [0.15, 0.2) is 5.96 Å². The van der Waals surface area contributed by atoms with Gasteiger partial charge in [-0.2, -0.15) is 0 Å². The molecule has 0 radical (unpaired) electrons. The second-order valence-corrected chi connectivity index (χ2v) is 7.15. The number of nitrogens with zero attached hydrogens (tertiary/aromatic N) is 2. The van der Waals surface area contributed by atoms with Crippen molar-refractivity contribution in [2.24, 2.45) is 22.1 Å². The molecular weight excluding hydrogens is 210 g/mol. The van der Waals surface area contributed by atoms with Gasteiger partial charge in [0.25, 0.3) is 0 Å². The van der Waals surface area contributed by atoms with Crippen LogP contribution >= 0.6 is 0 Å². The lowest BCUT2D eigenvalue weighted by Gasteiger charge is -2.51. The van der Waals surface area contributed by atoms with E-state index in [4.69, 9.17) is 5.73 Å². The van der Waals surface area contributed by atoms with Gasteiger partial charge in [-0.15, -0.1) is 0 Å². The van der Waals surface area contributed by atoms with Crippen molar-refractivity contribution in [3.63, 3.8) is 0 Å². The summed E-state index contributed by atoms with van der Waals surface area (Å²) in [6, 6.07) is 0.699. The Bertz CT molecular complexity index is 356. The lowest BCUT2D eigenvalue weighted by molar-refractivity contribution is 0.0245. The lowest BCUT2D eigenvalue weighted by Crippen LogP contribution is -2.59. The fraction of sp³-hybridized carbons (Fsp3) is 0.929. The van der Waals surface area contributed by atoms with Crippen LogP contribution in [0.15, 0.2) is 4.99 Å². The zero-order valence-electron chi connectivity index (χ0n) is 11.4. The molecule has 3 nitrogen and oxygen atoms in total. The maximum Gasteiger partial charge on any atom is 0.192 e. The van der Waals surface area contributed by atoms with Crippen molar-refractivity contribution in [3.8, 4) is 0 Å². The maximum absolute atomic E-state index is 6.13. The Balaban J connectivity index is 1.86. The van der Waals surface area contributed by atoms with Crippen molar-refractivity contribution in [2.45, 2.75) is 64.5 Å². The summed E-state index contributed by atoms with van der Waals surface area (Å²) in [5.74, 6) is 1.52. The Labute approximate surface area is 104 Å². The molecule has 2 unspecified atom stereocenters. The van der Waals surface area contributed by atoms with Gasteiger partial charge in [-0.25, -0.2) is 0 Å². The SMILES string of the molecule is CC1CC(C)(C)CCC12CN=C(N)N2C1CC1. The van der Waals surface area contributed by atoms with Crippen molar-refractivity contribution in [1.82, 2.24) is 4.90 Å². The molecule has 0 aromatic rings. The van der Waals surface area contributed by atoms with E-state index in [0.29, 0.717) is 17.4 Å². The third-order valence-electron chi connectivity index (χ3n) is 5.16. The van der Waals surface area contributed by atoms with E-state index < -0.39 is 0 Å². The third kappa shape index (κ3) is 1.66. The summed E-state index contributed by atoms with van der Waals surface area (Å²) in [6.45, 7) is 8.14. The minimum atomic E-state index is 0.265. The topological polar surface area (TPSA) is 41.6 Å². The molecule has 0 saturated heterocycles. The monoisotopic (exact) mass is 235 g/mol. The van der Waals surface area contributed by atoms with Crippen LogP contribution < -0.4 is 5.73 Å². The molecule has 3 aliphatic rings. The van der Waals surface area contributed by atoms with Crippen LogP contribution in [0.4, 0.5) is 0 Å². The maximum atomic E-state index is 6.13. The molecule has 0 bridgehead atoms. The minimum Gasteiger partial charge on any atom is -0.370 e. The Morgan fingerprint density at radius 2 is 2.00 bits per heavy atom. The van der Waals surface area contributed by atoms with E-state index in [9.17, 15) is 0 Å². The van der Waals surface area contributed by atoms with Crippen LogP contribution in [0.1, 0.15) is 52.9 Å². The number of guanidine groups is 1. The Morgan fingerprint density at radius 3 is 2.59 bits per heavy atom. The summed E-state index contributed by atoms with van der Waals surface area (Å²) in [5, 5.41) is 0. The summed E-state index contributed by atoms with van der Waals surface area (Å²) in [4.78, 5) is 7.07. The van der Waals surface area contributed by atoms with Crippen LogP contribution in [-0.4, -0.2) is 29.0 Å². The van der Waals surface area contributed by atoms with Crippen molar-refractivity contribution in [3.05, 3.63) is 0 Å². The van der Waals surface area contributed by atoms with E-state index in [0.717, 1.165) is 12.5 Å². The van der Waals surface area contributed by atoms with Gasteiger partial charge in [0.1, 0.15) is 0 Å². The fourth-order valence-electron chi connectivity index (χ4n) is 4.00. The zero-order chi connectivity index (χ0) is 12.3. The second kappa shape index (κ2) is 3.39. The van der Waals surface area contributed by atoms with E-state index in [1.165, 1.54) is 32.1 Å². The van der Waals surface area contributed by atoms with E-state index in [1.807, 2.05) is 0 Å². The lowest BCUT2D eigenvalue weighted by atomic mass is 9.63. The first-order valence-corrected chi connectivity index (χ1v) is 7.04. The number of hydrogen-bond donors (Lipinski definition) is 1. The van der Waals surface area contributed by atoms with Crippen molar-refractivity contribution in [1.29, 1.82) is 0 Å². The molecule has 0 aromatic heterocycles. The minimum absolute atomic E-state index is 0.265. The molecule has 3 heteroatoms. The van der Waals surface area contributed by atoms with Gasteiger partial charge >= 0.3 is 0 Å². The molecule has 1 heterocycles. The van der Waals surface area contributed by atoms with Crippen LogP contribution in [0.5, 0.6) is 0 Å². The largest absolute Gasteiger partial charge is 0.370 e. The molecule has 2 N–H and O–H groups in total. The molecule has 2 saturated carbocycles. The number of nitrogens with two attached hydrogens (primary N) is 1. The van der Waals surface area contributed by atoms with Gasteiger partial charge in [0.2, 0.25) is 0 Å². The predicted octanol–water partition coefficient (Wildman–Crippen LogP) is 2.36. The van der Waals surface area contributed by atoms with E-state index >= 15 is 0 Å². The van der Waals surface area contributed by atoms with Crippen molar-refractivity contribution < 1.29 is 0 Å².